The van der Waals surface area contributed by atoms with Crippen LogP contribution < -0.4 is 0 Å². The van der Waals surface area contributed by atoms with Crippen molar-refractivity contribution in [2.75, 3.05) is 13.2 Å². The van der Waals surface area contributed by atoms with Crippen LogP contribution in [0.2, 0.25) is 0 Å². The Kier molecular flexibility index (Phi) is 7.80. The molecule has 2 atom stereocenters. The van der Waals surface area contributed by atoms with Crippen LogP contribution in [0.3, 0.4) is 0 Å². The van der Waals surface area contributed by atoms with Crippen LogP contribution in [0.4, 0.5) is 0 Å². The van der Waals surface area contributed by atoms with Gasteiger partial charge in [-0.15, -0.1) is 0 Å². The Bertz CT molecular complexity index is 392. The van der Waals surface area contributed by atoms with Gasteiger partial charge in [0.2, 0.25) is 0 Å². The number of ketones is 1. The molecule has 126 valence electrons. The average molecular weight is 310 g/mol. The highest BCUT2D eigenvalue weighted by molar-refractivity contribution is 5.83. The third-order valence-electron chi connectivity index (χ3n) is 3.81. The Labute approximate surface area is 134 Å². The number of carbonyl (C=O) groups excluding carboxylic acids is 2. The van der Waals surface area contributed by atoms with Crippen molar-refractivity contribution in [3.63, 3.8) is 0 Å². The number of Topliss-reactive ketones (excluding diaryl/α,β-unsaturated/α-hetero) is 1. The molecule has 0 radical (unpaired) electrons. The predicted molar refractivity (Wildman–Crippen MR) is 86.6 cm³/mol. The molecule has 1 aliphatic carbocycles. The highest BCUT2D eigenvalue weighted by Crippen LogP contribution is 2.34. The summed E-state index contributed by atoms with van der Waals surface area (Å²) >= 11 is 0. The van der Waals surface area contributed by atoms with E-state index in [-0.39, 0.29) is 18.5 Å². The van der Waals surface area contributed by atoms with Crippen molar-refractivity contribution < 1.29 is 19.1 Å². The van der Waals surface area contributed by atoms with Crippen LogP contribution in [0.1, 0.15) is 59.8 Å². The van der Waals surface area contributed by atoms with Crippen molar-refractivity contribution in [1.82, 2.24) is 0 Å². The van der Waals surface area contributed by atoms with E-state index in [4.69, 9.17) is 9.47 Å². The van der Waals surface area contributed by atoms with Crippen molar-refractivity contribution >= 4 is 11.8 Å². The van der Waals surface area contributed by atoms with Crippen molar-refractivity contribution in [2.45, 2.75) is 65.4 Å². The lowest BCUT2D eigenvalue weighted by Crippen LogP contribution is -2.27. The monoisotopic (exact) mass is 310 g/mol. The third-order valence-corrected chi connectivity index (χ3v) is 3.81. The first-order valence-corrected chi connectivity index (χ1v) is 8.30. The van der Waals surface area contributed by atoms with E-state index in [0.29, 0.717) is 24.7 Å². The second-order valence-electron chi connectivity index (χ2n) is 6.91. The fourth-order valence-corrected chi connectivity index (χ4v) is 2.82. The van der Waals surface area contributed by atoms with Gasteiger partial charge in [0.25, 0.3) is 0 Å². The first-order chi connectivity index (χ1) is 10.3. The Morgan fingerprint density at radius 2 is 2.05 bits per heavy atom. The zero-order chi connectivity index (χ0) is 16.6. The number of allylic oxidation sites excluding steroid dienone is 2. The summed E-state index contributed by atoms with van der Waals surface area (Å²) in [4.78, 5) is 23.5. The Balaban J connectivity index is 2.27. The zero-order valence-corrected chi connectivity index (χ0v) is 14.4. The van der Waals surface area contributed by atoms with Gasteiger partial charge in [-0.25, -0.2) is 4.79 Å². The van der Waals surface area contributed by atoms with Crippen LogP contribution in [0.25, 0.3) is 0 Å². The van der Waals surface area contributed by atoms with E-state index in [1.54, 1.807) is 0 Å². The minimum atomic E-state index is -0.477. The van der Waals surface area contributed by atoms with Gasteiger partial charge < -0.3 is 9.47 Å². The second-order valence-corrected chi connectivity index (χ2v) is 6.91. The minimum Gasteiger partial charge on any atom is -0.458 e. The lowest BCUT2D eigenvalue weighted by molar-refractivity contribution is -0.160. The summed E-state index contributed by atoms with van der Waals surface area (Å²) < 4.78 is 10.6. The van der Waals surface area contributed by atoms with Crippen LogP contribution in [0.15, 0.2) is 12.2 Å². The van der Waals surface area contributed by atoms with E-state index in [2.05, 4.69) is 19.1 Å². The molecule has 1 saturated carbocycles. The summed E-state index contributed by atoms with van der Waals surface area (Å²) in [6.45, 7) is 8.09. The molecule has 0 aromatic heterocycles. The maximum absolute atomic E-state index is 11.9. The van der Waals surface area contributed by atoms with Crippen molar-refractivity contribution in [3.05, 3.63) is 12.2 Å². The molecule has 0 unspecified atom stereocenters. The molecule has 22 heavy (non-hydrogen) atoms. The van der Waals surface area contributed by atoms with Gasteiger partial charge in [-0.2, -0.15) is 0 Å². The van der Waals surface area contributed by atoms with Gasteiger partial charge >= 0.3 is 5.97 Å². The molecule has 0 saturated heterocycles. The number of esters is 1. The predicted octanol–water partition coefficient (Wildman–Crippen LogP) is 3.69. The second kappa shape index (κ2) is 9.09. The molecule has 0 N–H and O–H groups in total. The van der Waals surface area contributed by atoms with Crippen LogP contribution in [-0.2, 0) is 19.1 Å². The van der Waals surface area contributed by atoms with Crippen molar-refractivity contribution in [3.8, 4) is 0 Å². The summed E-state index contributed by atoms with van der Waals surface area (Å²) in [6, 6.07) is 0. The first kappa shape index (κ1) is 18.9. The van der Waals surface area contributed by atoms with E-state index in [1.807, 2.05) is 20.8 Å². The molecule has 1 fully saturated rings. The largest absolute Gasteiger partial charge is 0.458 e. The van der Waals surface area contributed by atoms with Gasteiger partial charge in [0.1, 0.15) is 18.0 Å². The summed E-state index contributed by atoms with van der Waals surface area (Å²) in [7, 11) is 0. The SMILES string of the molecule is CC/C=C\C[C@H]1C(=O)CC[C@@H]1CCOCC(=O)OC(C)(C)C. The van der Waals surface area contributed by atoms with Crippen molar-refractivity contribution in [1.29, 1.82) is 0 Å². The summed E-state index contributed by atoms with van der Waals surface area (Å²) in [5.41, 5.74) is -0.477. The molecule has 0 aromatic rings. The van der Waals surface area contributed by atoms with Crippen LogP contribution >= 0.6 is 0 Å². The summed E-state index contributed by atoms with van der Waals surface area (Å²) in [6.07, 6.45) is 8.53. The van der Waals surface area contributed by atoms with Gasteiger partial charge in [0, 0.05) is 18.9 Å². The maximum atomic E-state index is 11.9. The fraction of sp³-hybridized carbons (Fsp3) is 0.778. The topological polar surface area (TPSA) is 52.6 Å². The minimum absolute atomic E-state index is 0.0155. The van der Waals surface area contributed by atoms with E-state index < -0.39 is 5.60 Å². The number of carbonyl (C=O) groups is 2. The highest BCUT2D eigenvalue weighted by atomic mass is 16.6. The van der Waals surface area contributed by atoms with Gasteiger partial charge in [-0.1, -0.05) is 19.1 Å². The molecule has 0 aromatic carbocycles. The zero-order valence-electron chi connectivity index (χ0n) is 14.4. The van der Waals surface area contributed by atoms with Crippen LogP contribution in [0.5, 0.6) is 0 Å². The normalized spacial score (nSPS) is 22.5. The highest BCUT2D eigenvalue weighted by Gasteiger charge is 2.33. The molecular weight excluding hydrogens is 280 g/mol. The van der Waals surface area contributed by atoms with E-state index >= 15 is 0 Å². The molecule has 1 rings (SSSR count). The lowest BCUT2D eigenvalue weighted by Gasteiger charge is -2.20. The fourth-order valence-electron chi connectivity index (χ4n) is 2.82. The third kappa shape index (κ3) is 7.21. The molecule has 4 nitrogen and oxygen atoms in total. The van der Waals surface area contributed by atoms with Crippen LogP contribution in [-0.4, -0.2) is 30.6 Å². The van der Waals surface area contributed by atoms with Gasteiger partial charge in [0.05, 0.1) is 0 Å². The standard InChI is InChI=1S/C18H30O4/c1-5-6-7-8-15-14(9-10-16(15)19)11-12-21-13-17(20)22-18(2,3)4/h6-7,14-15H,5,8-13H2,1-4H3/b7-6-/t14-,15-/m1/s1. The summed E-state index contributed by atoms with van der Waals surface area (Å²) in [5.74, 6) is 0.552. The molecule has 0 amide bonds. The van der Waals surface area contributed by atoms with E-state index in [0.717, 1.165) is 25.7 Å². The molecule has 1 aliphatic rings. The number of rotatable bonds is 8. The van der Waals surface area contributed by atoms with Gasteiger partial charge in [-0.3, -0.25) is 4.79 Å². The Morgan fingerprint density at radius 1 is 1.32 bits per heavy atom. The number of ether oxygens (including phenoxy) is 2. The Morgan fingerprint density at radius 3 is 2.68 bits per heavy atom. The van der Waals surface area contributed by atoms with Crippen LogP contribution in [0, 0.1) is 11.8 Å². The summed E-state index contributed by atoms with van der Waals surface area (Å²) in [5, 5.41) is 0. The Hall–Kier alpha value is -1.16. The number of hydrogen-bond acceptors (Lipinski definition) is 4. The smallest absolute Gasteiger partial charge is 0.332 e. The van der Waals surface area contributed by atoms with E-state index in [1.165, 1.54) is 0 Å². The van der Waals surface area contributed by atoms with E-state index in [9.17, 15) is 9.59 Å². The lowest BCUT2D eigenvalue weighted by atomic mass is 9.90. The molecule has 0 heterocycles. The molecular formula is C18H30O4. The molecule has 0 spiro atoms. The van der Waals surface area contributed by atoms with Crippen molar-refractivity contribution in [2.24, 2.45) is 11.8 Å². The quantitative estimate of drug-likeness (QED) is 0.390. The molecule has 4 heteroatoms. The average Bonchev–Trinajstić information content (AvgIpc) is 2.74. The number of hydrogen-bond donors (Lipinski definition) is 0. The molecule has 0 aliphatic heterocycles. The maximum Gasteiger partial charge on any atom is 0.332 e. The van der Waals surface area contributed by atoms with Gasteiger partial charge in [0.15, 0.2) is 0 Å². The van der Waals surface area contributed by atoms with Gasteiger partial charge in [-0.05, 0) is 52.4 Å². The first-order valence-electron chi connectivity index (χ1n) is 8.30. The molecule has 0 bridgehead atoms.